The molecule has 0 bridgehead atoms. The molecule has 27 heavy (non-hydrogen) atoms. The lowest BCUT2D eigenvalue weighted by Gasteiger charge is -2.16. The number of aromatic nitrogens is 2. The average Bonchev–Trinajstić information content (AvgIpc) is 2.58. The van der Waals surface area contributed by atoms with Gasteiger partial charge in [-0.15, -0.1) is 0 Å². The molecule has 3 rings (SSSR count). The third kappa shape index (κ3) is 4.81. The van der Waals surface area contributed by atoms with Crippen molar-refractivity contribution in [3.63, 3.8) is 0 Å². The van der Waals surface area contributed by atoms with Crippen molar-refractivity contribution < 1.29 is 13.2 Å². The Bertz CT molecular complexity index is 1020. The monoisotopic (exact) mass is 413 g/mol. The molecule has 0 radical (unpaired) electrons. The van der Waals surface area contributed by atoms with E-state index in [0.717, 1.165) is 4.57 Å². The van der Waals surface area contributed by atoms with Crippen LogP contribution in [0.15, 0.2) is 59.4 Å². The summed E-state index contributed by atoms with van der Waals surface area (Å²) in [5.74, 6) is -0.243. The molecule has 0 aliphatic heterocycles. The van der Waals surface area contributed by atoms with Crippen LogP contribution in [0.1, 0.15) is 11.3 Å². The second-order valence-corrected chi connectivity index (χ2v) is 6.52. The number of hydrogen-bond acceptors (Lipinski definition) is 3. The molecule has 0 aliphatic rings. The lowest BCUT2D eigenvalue weighted by molar-refractivity contribution is -0.141. The maximum Gasteiger partial charge on any atom is 0.433 e. The van der Waals surface area contributed by atoms with Gasteiger partial charge in [-0.2, -0.15) is 13.2 Å². The van der Waals surface area contributed by atoms with E-state index in [9.17, 15) is 18.0 Å². The van der Waals surface area contributed by atoms with Gasteiger partial charge >= 0.3 is 6.18 Å². The van der Waals surface area contributed by atoms with Gasteiger partial charge in [0, 0.05) is 21.8 Å². The van der Waals surface area contributed by atoms with Gasteiger partial charge in [-0.1, -0.05) is 41.4 Å². The Morgan fingerprint density at radius 2 is 1.70 bits per heavy atom. The topological polar surface area (TPSA) is 46.9 Å². The molecule has 0 fully saturated rings. The van der Waals surface area contributed by atoms with Gasteiger partial charge in [-0.3, -0.25) is 9.36 Å². The van der Waals surface area contributed by atoms with Crippen molar-refractivity contribution in [2.75, 3.05) is 5.32 Å². The molecule has 9 heteroatoms. The van der Waals surface area contributed by atoms with E-state index in [2.05, 4.69) is 10.3 Å². The summed E-state index contributed by atoms with van der Waals surface area (Å²) in [7, 11) is 0. The minimum absolute atomic E-state index is 0.0179. The molecule has 1 N–H and O–H groups in total. The van der Waals surface area contributed by atoms with Gasteiger partial charge in [-0.25, -0.2) is 4.98 Å². The number of benzene rings is 2. The minimum atomic E-state index is -4.75. The zero-order valence-corrected chi connectivity index (χ0v) is 15.1. The van der Waals surface area contributed by atoms with E-state index in [1.54, 1.807) is 42.5 Å². The van der Waals surface area contributed by atoms with Crippen LogP contribution < -0.4 is 10.9 Å². The number of rotatable bonds is 4. The van der Waals surface area contributed by atoms with E-state index in [1.165, 1.54) is 6.07 Å². The summed E-state index contributed by atoms with van der Waals surface area (Å²) in [4.78, 5) is 16.0. The van der Waals surface area contributed by atoms with Crippen molar-refractivity contribution >= 4 is 34.8 Å². The highest BCUT2D eigenvalue weighted by molar-refractivity contribution is 6.31. The zero-order chi connectivity index (χ0) is 19.6. The van der Waals surface area contributed by atoms with Gasteiger partial charge in [0.05, 0.1) is 6.54 Å². The Hall–Kier alpha value is -2.51. The predicted octanol–water partition coefficient (Wildman–Crippen LogP) is 5.36. The number of hydrogen-bond donors (Lipinski definition) is 1. The first kappa shape index (κ1) is 19.3. The zero-order valence-electron chi connectivity index (χ0n) is 13.6. The largest absolute Gasteiger partial charge is 0.433 e. The third-order valence-corrected chi connectivity index (χ3v) is 4.12. The van der Waals surface area contributed by atoms with E-state index in [1.807, 2.05) is 0 Å². The molecule has 0 spiro atoms. The first-order chi connectivity index (χ1) is 12.7. The second-order valence-electron chi connectivity index (χ2n) is 5.65. The molecule has 4 nitrogen and oxygen atoms in total. The van der Waals surface area contributed by atoms with Crippen LogP contribution >= 0.6 is 23.2 Å². The highest BCUT2D eigenvalue weighted by Gasteiger charge is 2.34. The van der Waals surface area contributed by atoms with Gasteiger partial charge in [0.1, 0.15) is 0 Å². The smallest absolute Gasteiger partial charge is 0.325 e. The molecule has 0 amide bonds. The fraction of sp³-hybridized carbons (Fsp3) is 0.111. The number of anilines is 2. The van der Waals surface area contributed by atoms with Crippen LogP contribution in [0.2, 0.25) is 10.0 Å². The summed E-state index contributed by atoms with van der Waals surface area (Å²) >= 11 is 11.7. The number of nitrogens with zero attached hydrogens (tertiary/aromatic N) is 2. The summed E-state index contributed by atoms with van der Waals surface area (Å²) in [5, 5.41) is 3.64. The molecular weight excluding hydrogens is 402 g/mol. The van der Waals surface area contributed by atoms with Crippen LogP contribution in [0.5, 0.6) is 0 Å². The summed E-state index contributed by atoms with van der Waals surface area (Å²) in [5.41, 5.74) is -1.03. The average molecular weight is 414 g/mol. The molecule has 0 unspecified atom stereocenters. The summed E-state index contributed by atoms with van der Waals surface area (Å²) in [6, 6.07) is 13.4. The number of alkyl halides is 3. The van der Waals surface area contributed by atoms with Crippen molar-refractivity contribution in [2.24, 2.45) is 0 Å². The highest BCUT2D eigenvalue weighted by Crippen LogP contribution is 2.28. The van der Waals surface area contributed by atoms with Crippen molar-refractivity contribution in [3.05, 3.63) is 86.3 Å². The normalized spacial score (nSPS) is 11.4. The van der Waals surface area contributed by atoms with E-state index in [-0.39, 0.29) is 12.5 Å². The van der Waals surface area contributed by atoms with E-state index in [4.69, 9.17) is 23.2 Å². The number of nitrogens with one attached hydrogen (secondary N) is 1. The maximum atomic E-state index is 13.1. The van der Waals surface area contributed by atoms with Gasteiger partial charge in [0.15, 0.2) is 5.69 Å². The SMILES string of the molecule is O=c1cc(C(F)(F)F)nc(Nc2cccc(Cl)c2)n1Cc1ccc(Cl)cc1. The van der Waals surface area contributed by atoms with Crippen LogP contribution in [0.3, 0.4) is 0 Å². The first-order valence-electron chi connectivity index (χ1n) is 7.68. The Morgan fingerprint density at radius 3 is 2.33 bits per heavy atom. The molecule has 0 saturated carbocycles. The Balaban J connectivity index is 2.07. The fourth-order valence-corrected chi connectivity index (χ4v) is 2.68. The summed E-state index contributed by atoms with van der Waals surface area (Å²) in [6.07, 6.45) is -4.75. The minimum Gasteiger partial charge on any atom is -0.325 e. The molecule has 1 heterocycles. The lowest BCUT2D eigenvalue weighted by atomic mass is 10.2. The number of halogens is 5. The fourth-order valence-electron chi connectivity index (χ4n) is 2.37. The lowest BCUT2D eigenvalue weighted by Crippen LogP contribution is -2.27. The Labute approximate surface area is 162 Å². The van der Waals surface area contributed by atoms with Crippen molar-refractivity contribution in [2.45, 2.75) is 12.7 Å². The Kier molecular flexibility index (Phi) is 5.43. The van der Waals surface area contributed by atoms with Crippen LogP contribution in [-0.4, -0.2) is 9.55 Å². The first-order valence-corrected chi connectivity index (χ1v) is 8.44. The van der Waals surface area contributed by atoms with Crippen molar-refractivity contribution in [1.82, 2.24) is 9.55 Å². The molecule has 0 saturated heterocycles. The summed E-state index contributed by atoms with van der Waals surface area (Å²) in [6.45, 7) is 0.0179. The van der Waals surface area contributed by atoms with Crippen LogP contribution in [0, 0.1) is 0 Å². The maximum absolute atomic E-state index is 13.1. The van der Waals surface area contributed by atoms with Gasteiger partial charge in [-0.05, 0) is 35.9 Å². The van der Waals surface area contributed by atoms with E-state index in [0.29, 0.717) is 27.4 Å². The molecule has 0 atom stereocenters. The Morgan fingerprint density at radius 1 is 1.00 bits per heavy atom. The molecule has 1 aromatic heterocycles. The standard InChI is InChI=1S/C18H12Cl2F3N3O/c19-12-6-4-11(5-7-12)10-26-16(27)9-15(18(21,22)23)25-17(26)24-14-3-1-2-13(20)8-14/h1-9H,10H2,(H,24,25). The predicted molar refractivity (Wildman–Crippen MR) is 98.8 cm³/mol. The van der Waals surface area contributed by atoms with Crippen molar-refractivity contribution in [3.8, 4) is 0 Å². The van der Waals surface area contributed by atoms with E-state index >= 15 is 0 Å². The van der Waals surface area contributed by atoms with Crippen molar-refractivity contribution in [1.29, 1.82) is 0 Å². The molecule has 140 valence electrons. The van der Waals surface area contributed by atoms with E-state index < -0.39 is 17.4 Å². The molecule has 0 aliphatic carbocycles. The van der Waals surface area contributed by atoms with Crippen LogP contribution in [0.25, 0.3) is 0 Å². The third-order valence-electron chi connectivity index (χ3n) is 3.63. The molecular formula is C18H12Cl2F3N3O. The van der Waals surface area contributed by atoms with Gasteiger partial charge < -0.3 is 5.32 Å². The second kappa shape index (κ2) is 7.62. The van der Waals surface area contributed by atoms with Crippen LogP contribution in [0.4, 0.5) is 24.8 Å². The van der Waals surface area contributed by atoms with Gasteiger partial charge in [0.25, 0.3) is 5.56 Å². The van der Waals surface area contributed by atoms with Crippen LogP contribution in [-0.2, 0) is 12.7 Å². The quantitative estimate of drug-likeness (QED) is 0.625. The molecule has 3 aromatic rings. The molecule has 2 aromatic carbocycles. The highest BCUT2D eigenvalue weighted by atomic mass is 35.5. The summed E-state index contributed by atoms with van der Waals surface area (Å²) < 4.78 is 40.3. The van der Waals surface area contributed by atoms with Gasteiger partial charge in [0.2, 0.25) is 5.95 Å².